The zero-order valence-electron chi connectivity index (χ0n) is 9.01. The van der Waals surface area contributed by atoms with Gasteiger partial charge in [-0.25, -0.2) is 0 Å². The highest BCUT2D eigenvalue weighted by Crippen LogP contribution is 2.33. The predicted molar refractivity (Wildman–Crippen MR) is 56.1 cm³/mol. The van der Waals surface area contributed by atoms with Crippen molar-refractivity contribution in [3.8, 4) is 11.5 Å². The number of phenols is 2. The van der Waals surface area contributed by atoms with E-state index in [1.54, 1.807) is 0 Å². The summed E-state index contributed by atoms with van der Waals surface area (Å²) in [6.07, 6.45) is 0. The van der Waals surface area contributed by atoms with Crippen molar-refractivity contribution >= 4 is 5.97 Å². The van der Waals surface area contributed by atoms with Crippen LogP contribution in [0.2, 0.25) is 0 Å². The van der Waals surface area contributed by atoms with Crippen molar-refractivity contribution in [2.24, 2.45) is 5.92 Å². The highest BCUT2D eigenvalue weighted by Gasteiger charge is 2.36. The van der Waals surface area contributed by atoms with E-state index < -0.39 is 17.5 Å². The molecule has 2 atom stereocenters. The third-order valence-corrected chi connectivity index (χ3v) is 2.70. The highest BCUT2D eigenvalue weighted by molar-refractivity contribution is 5.71. The molecule has 0 aliphatic rings. The topological polar surface area (TPSA) is 98.0 Å². The van der Waals surface area contributed by atoms with Crippen molar-refractivity contribution in [1.29, 1.82) is 0 Å². The molecule has 16 heavy (non-hydrogen) atoms. The zero-order valence-corrected chi connectivity index (χ0v) is 9.01. The number of aliphatic hydroxyl groups is 1. The number of hydrogen-bond donors (Lipinski definition) is 4. The second-order valence-electron chi connectivity index (χ2n) is 3.95. The van der Waals surface area contributed by atoms with Gasteiger partial charge in [-0.15, -0.1) is 0 Å². The Kier molecular flexibility index (Phi) is 3.09. The first kappa shape index (κ1) is 12.3. The first-order chi connectivity index (χ1) is 7.25. The molecule has 1 rings (SSSR count). The number of carboxylic acids is 1. The first-order valence-corrected chi connectivity index (χ1v) is 4.74. The van der Waals surface area contributed by atoms with Gasteiger partial charge in [0.15, 0.2) is 0 Å². The normalized spacial score (nSPS) is 16.4. The first-order valence-electron chi connectivity index (χ1n) is 4.74. The molecular formula is C11H14O5. The fourth-order valence-corrected chi connectivity index (χ4v) is 1.38. The molecule has 1 aromatic carbocycles. The van der Waals surface area contributed by atoms with Crippen molar-refractivity contribution < 1.29 is 25.2 Å². The van der Waals surface area contributed by atoms with Gasteiger partial charge in [-0.3, -0.25) is 4.79 Å². The summed E-state index contributed by atoms with van der Waals surface area (Å²) in [6.45, 7) is 2.67. The lowest BCUT2D eigenvalue weighted by atomic mass is 9.84. The van der Waals surface area contributed by atoms with Gasteiger partial charge >= 0.3 is 5.97 Å². The molecule has 0 aliphatic heterocycles. The van der Waals surface area contributed by atoms with Gasteiger partial charge in [-0.1, -0.05) is 0 Å². The van der Waals surface area contributed by atoms with Gasteiger partial charge in [0.25, 0.3) is 0 Å². The standard InChI is InChI=1S/C11H14O5/c1-6(10(14)15)11(2,16)7-3-8(12)5-9(13)4-7/h3-6,12-13,16H,1-2H3,(H,14,15). The summed E-state index contributed by atoms with van der Waals surface area (Å²) in [4.78, 5) is 10.8. The maximum atomic E-state index is 10.8. The number of rotatable bonds is 3. The summed E-state index contributed by atoms with van der Waals surface area (Å²) in [7, 11) is 0. The van der Waals surface area contributed by atoms with Gasteiger partial charge in [-0.2, -0.15) is 0 Å². The van der Waals surface area contributed by atoms with Gasteiger partial charge in [0.1, 0.15) is 17.1 Å². The lowest BCUT2D eigenvalue weighted by Gasteiger charge is -2.28. The van der Waals surface area contributed by atoms with Crippen LogP contribution in [0.1, 0.15) is 19.4 Å². The van der Waals surface area contributed by atoms with Crippen LogP contribution in [0.5, 0.6) is 11.5 Å². The Morgan fingerprint density at radius 1 is 1.25 bits per heavy atom. The molecule has 2 unspecified atom stereocenters. The van der Waals surface area contributed by atoms with E-state index in [1.807, 2.05) is 0 Å². The molecular weight excluding hydrogens is 212 g/mol. The molecule has 0 heterocycles. The molecule has 0 fully saturated rings. The van der Waals surface area contributed by atoms with Crippen LogP contribution in [0.4, 0.5) is 0 Å². The minimum absolute atomic E-state index is 0.153. The minimum atomic E-state index is -1.66. The van der Waals surface area contributed by atoms with Crippen molar-refractivity contribution in [1.82, 2.24) is 0 Å². The number of aliphatic carboxylic acids is 1. The van der Waals surface area contributed by atoms with E-state index in [0.29, 0.717) is 0 Å². The molecule has 5 heteroatoms. The van der Waals surface area contributed by atoms with E-state index in [9.17, 15) is 20.1 Å². The summed E-state index contributed by atoms with van der Waals surface area (Å²) in [5.41, 5.74) is -1.51. The largest absolute Gasteiger partial charge is 0.508 e. The van der Waals surface area contributed by atoms with E-state index in [0.717, 1.165) is 6.07 Å². The number of carbonyl (C=O) groups is 1. The number of benzene rings is 1. The van der Waals surface area contributed by atoms with Gasteiger partial charge in [-0.05, 0) is 31.5 Å². The molecule has 0 bridgehead atoms. The van der Waals surface area contributed by atoms with Crippen LogP contribution in [0.25, 0.3) is 0 Å². The molecule has 5 nitrogen and oxygen atoms in total. The lowest BCUT2D eigenvalue weighted by Crippen LogP contribution is -2.35. The van der Waals surface area contributed by atoms with Crippen molar-refractivity contribution in [3.05, 3.63) is 23.8 Å². The van der Waals surface area contributed by atoms with Gasteiger partial charge in [0, 0.05) is 6.07 Å². The van der Waals surface area contributed by atoms with Crippen molar-refractivity contribution in [2.45, 2.75) is 19.4 Å². The third-order valence-electron chi connectivity index (χ3n) is 2.70. The van der Waals surface area contributed by atoms with E-state index in [2.05, 4.69) is 0 Å². The molecule has 0 amide bonds. The third kappa shape index (κ3) is 2.25. The Morgan fingerprint density at radius 3 is 2.06 bits per heavy atom. The van der Waals surface area contributed by atoms with Gasteiger partial charge < -0.3 is 20.4 Å². The summed E-state index contributed by atoms with van der Waals surface area (Å²) in [5.74, 6) is -2.68. The van der Waals surface area contributed by atoms with E-state index in [1.165, 1.54) is 26.0 Å². The highest BCUT2D eigenvalue weighted by atomic mass is 16.4. The maximum absolute atomic E-state index is 10.8. The van der Waals surface area contributed by atoms with Crippen LogP contribution < -0.4 is 0 Å². The fourth-order valence-electron chi connectivity index (χ4n) is 1.38. The Bertz CT molecular complexity index is 391. The summed E-state index contributed by atoms with van der Waals surface area (Å²) < 4.78 is 0. The Hall–Kier alpha value is -1.75. The Labute approximate surface area is 92.6 Å². The molecule has 0 spiro atoms. The summed E-state index contributed by atoms with van der Waals surface area (Å²) in [5, 5.41) is 37.4. The van der Waals surface area contributed by atoms with E-state index in [4.69, 9.17) is 5.11 Å². The van der Waals surface area contributed by atoms with Crippen molar-refractivity contribution in [3.63, 3.8) is 0 Å². The fraction of sp³-hybridized carbons (Fsp3) is 0.364. The molecule has 0 radical (unpaired) electrons. The van der Waals surface area contributed by atoms with Gasteiger partial charge in [0.2, 0.25) is 0 Å². The molecule has 1 aromatic rings. The average Bonchev–Trinajstić information content (AvgIpc) is 2.14. The maximum Gasteiger partial charge on any atom is 0.309 e. The van der Waals surface area contributed by atoms with Crippen LogP contribution in [0.15, 0.2) is 18.2 Å². The SMILES string of the molecule is CC(C(=O)O)C(C)(O)c1cc(O)cc(O)c1. The Balaban J connectivity index is 3.20. The number of phenolic OH excluding ortho intramolecular Hbond substituents is 2. The van der Waals surface area contributed by atoms with Crippen molar-refractivity contribution in [2.75, 3.05) is 0 Å². The van der Waals surface area contributed by atoms with E-state index in [-0.39, 0.29) is 17.1 Å². The Morgan fingerprint density at radius 2 is 1.69 bits per heavy atom. The smallest absolute Gasteiger partial charge is 0.309 e. The van der Waals surface area contributed by atoms with Crippen LogP contribution in [0, 0.1) is 5.92 Å². The number of carboxylic acid groups (broad SMARTS) is 1. The molecule has 88 valence electrons. The van der Waals surface area contributed by atoms with Crippen LogP contribution in [-0.4, -0.2) is 26.4 Å². The monoisotopic (exact) mass is 226 g/mol. The quantitative estimate of drug-likeness (QED) is 0.617. The number of aromatic hydroxyl groups is 2. The van der Waals surface area contributed by atoms with Gasteiger partial charge in [0.05, 0.1) is 5.92 Å². The molecule has 0 saturated heterocycles. The number of hydrogen-bond acceptors (Lipinski definition) is 4. The summed E-state index contributed by atoms with van der Waals surface area (Å²) in [6, 6.07) is 3.54. The molecule has 4 N–H and O–H groups in total. The minimum Gasteiger partial charge on any atom is -0.508 e. The second kappa shape index (κ2) is 4.02. The van der Waals surface area contributed by atoms with Crippen LogP contribution >= 0.6 is 0 Å². The molecule has 0 aliphatic carbocycles. The zero-order chi connectivity index (χ0) is 12.5. The average molecular weight is 226 g/mol. The second-order valence-corrected chi connectivity index (χ2v) is 3.95. The molecule has 0 saturated carbocycles. The summed E-state index contributed by atoms with van der Waals surface area (Å²) >= 11 is 0. The van der Waals surface area contributed by atoms with Crippen LogP contribution in [0.3, 0.4) is 0 Å². The molecule has 0 aromatic heterocycles. The van der Waals surface area contributed by atoms with Crippen LogP contribution in [-0.2, 0) is 10.4 Å². The lowest BCUT2D eigenvalue weighted by molar-refractivity contribution is -0.150. The predicted octanol–water partition coefficient (Wildman–Crippen LogP) is 1.03. The van der Waals surface area contributed by atoms with E-state index >= 15 is 0 Å².